The lowest BCUT2D eigenvalue weighted by Crippen LogP contribution is -2.50. The molecule has 3 rings (SSSR count). The van der Waals surface area contributed by atoms with E-state index in [9.17, 15) is 4.79 Å². The van der Waals surface area contributed by atoms with Crippen LogP contribution in [-0.4, -0.2) is 38.2 Å². The van der Waals surface area contributed by atoms with E-state index in [0.717, 1.165) is 19.4 Å². The van der Waals surface area contributed by atoms with Crippen LogP contribution >= 0.6 is 0 Å². The molecule has 0 aromatic carbocycles. The van der Waals surface area contributed by atoms with Gasteiger partial charge >= 0.3 is 0 Å². The van der Waals surface area contributed by atoms with Crippen LogP contribution in [0, 0.1) is 5.92 Å². The Balaban J connectivity index is 1.67. The molecule has 0 radical (unpaired) electrons. The minimum atomic E-state index is 0.154. The predicted octanol–water partition coefficient (Wildman–Crippen LogP) is 1.04. The smallest absolute Gasteiger partial charge is 0.244 e. The number of nitrogens with two attached hydrogens (primary N) is 1. The van der Waals surface area contributed by atoms with Crippen molar-refractivity contribution in [2.75, 3.05) is 12.3 Å². The molecule has 1 aliphatic carbocycles. The maximum absolute atomic E-state index is 12.4. The fourth-order valence-electron chi connectivity index (χ4n) is 3.55. The van der Waals surface area contributed by atoms with Gasteiger partial charge in [-0.15, -0.1) is 5.10 Å². The second-order valence-electron chi connectivity index (χ2n) is 5.64. The number of nitrogen functional groups attached to an aromatic ring is 1. The number of hydrogen-bond donors (Lipinski definition) is 1. The number of amides is 1. The molecule has 0 unspecified atom stereocenters. The number of hydrogen-bond acceptors (Lipinski definition) is 4. The van der Waals surface area contributed by atoms with E-state index in [2.05, 4.69) is 15.0 Å². The van der Waals surface area contributed by atoms with Crippen molar-refractivity contribution < 1.29 is 4.79 Å². The highest BCUT2D eigenvalue weighted by Gasteiger charge is 2.35. The van der Waals surface area contributed by atoms with Crippen LogP contribution in [0.4, 0.5) is 5.95 Å². The first-order chi connectivity index (χ1) is 9.24. The van der Waals surface area contributed by atoms with Crippen molar-refractivity contribution >= 4 is 11.9 Å². The Labute approximate surface area is 113 Å². The summed E-state index contributed by atoms with van der Waals surface area (Å²) in [4.78, 5) is 18.4. The summed E-state index contributed by atoms with van der Waals surface area (Å²) in [5, 5.41) is 3.99. The number of carbonyl (C=O) groups is 1. The van der Waals surface area contributed by atoms with Crippen molar-refractivity contribution in [2.45, 2.75) is 51.1 Å². The third kappa shape index (κ3) is 2.57. The lowest BCUT2D eigenvalue weighted by Gasteiger charge is -2.44. The van der Waals surface area contributed by atoms with Gasteiger partial charge in [0, 0.05) is 12.6 Å². The van der Waals surface area contributed by atoms with E-state index in [4.69, 9.17) is 5.73 Å². The molecule has 2 aliphatic rings. The quantitative estimate of drug-likeness (QED) is 0.865. The van der Waals surface area contributed by atoms with Crippen molar-refractivity contribution in [3.63, 3.8) is 0 Å². The Morgan fingerprint density at radius 3 is 2.89 bits per heavy atom. The van der Waals surface area contributed by atoms with Crippen LogP contribution in [0.5, 0.6) is 0 Å². The Morgan fingerprint density at radius 1 is 1.32 bits per heavy atom. The molecule has 1 amide bonds. The molecule has 2 fully saturated rings. The fraction of sp³-hybridized carbons (Fsp3) is 0.769. The molecule has 1 aliphatic heterocycles. The zero-order valence-corrected chi connectivity index (χ0v) is 11.2. The lowest BCUT2D eigenvalue weighted by molar-refractivity contribution is -0.138. The van der Waals surface area contributed by atoms with Crippen molar-refractivity contribution in [3.8, 4) is 0 Å². The molecule has 19 heavy (non-hydrogen) atoms. The highest BCUT2D eigenvalue weighted by atomic mass is 16.2. The Morgan fingerprint density at radius 2 is 2.11 bits per heavy atom. The molecule has 0 bridgehead atoms. The summed E-state index contributed by atoms with van der Waals surface area (Å²) in [6, 6.07) is 0.455. The zero-order chi connectivity index (χ0) is 13.2. The van der Waals surface area contributed by atoms with Crippen molar-refractivity contribution in [1.82, 2.24) is 19.7 Å². The standard InChI is InChI=1S/C13H21N5O/c14-13-15-9-17(16-13)8-12(19)18-7-3-5-10-4-1-2-6-11(10)18/h9-11H,1-8H2,(H2,14,16)/t10-,11-/m1/s1. The molecule has 1 saturated heterocycles. The molecule has 1 aromatic heterocycles. The van der Waals surface area contributed by atoms with E-state index in [1.165, 1.54) is 36.7 Å². The molecule has 104 valence electrons. The third-order valence-electron chi connectivity index (χ3n) is 4.42. The molecular weight excluding hydrogens is 242 g/mol. The van der Waals surface area contributed by atoms with Crippen LogP contribution in [-0.2, 0) is 11.3 Å². The first-order valence-electron chi connectivity index (χ1n) is 7.18. The highest BCUT2D eigenvalue weighted by molar-refractivity contribution is 5.76. The summed E-state index contributed by atoms with van der Waals surface area (Å²) in [7, 11) is 0. The Hall–Kier alpha value is -1.59. The average Bonchev–Trinajstić information content (AvgIpc) is 2.83. The van der Waals surface area contributed by atoms with Gasteiger partial charge in [0.25, 0.3) is 0 Å². The van der Waals surface area contributed by atoms with Gasteiger partial charge in [-0.2, -0.15) is 0 Å². The van der Waals surface area contributed by atoms with Gasteiger partial charge in [-0.05, 0) is 31.6 Å². The minimum Gasteiger partial charge on any atom is -0.367 e. The number of nitrogens with zero attached hydrogens (tertiary/aromatic N) is 4. The molecule has 6 heteroatoms. The molecule has 0 spiro atoms. The van der Waals surface area contributed by atoms with Crippen LogP contribution in [0.2, 0.25) is 0 Å². The summed E-state index contributed by atoms with van der Waals surface area (Å²) < 4.78 is 1.53. The number of likely N-dealkylation sites (tertiary alicyclic amines) is 1. The lowest BCUT2D eigenvalue weighted by atomic mass is 9.78. The van der Waals surface area contributed by atoms with E-state index in [1.807, 2.05) is 0 Å². The fourth-order valence-corrected chi connectivity index (χ4v) is 3.55. The van der Waals surface area contributed by atoms with Crippen LogP contribution < -0.4 is 5.73 Å². The van der Waals surface area contributed by atoms with Gasteiger partial charge in [-0.25, -0.2) is 9.67 Å². The first-order valence-corrected chi connectivity index (χ1v) is 7.18. The molecule has 1 aromatic rings. The number of anilines is 1. The number of aromatic nitrogens is 3. The van der Waals surface area contributed by atoms with Gasteiger partial charge in [-0.1, -0.05) is 12.8 Å². The number of carbonyl (C=O) groups excluding carboxylic acids is 1. The number of fused-ring (bicyclic) bond motifs is 1. The van der Waals surface area contributed by atoms with Crippen LogP contribution in [0.15, 0.2) is 6.33 Å². The summed E-state index contributed by atoms with van der Waals surface area (Å²) in [5.41, 5.74) is 5.47. The summed E-state index contributed by atoms with van der Waals surface area (Å²) in [5.74, 6) is 1.09. The average molecular weight is 263 g/mol. The van der Waals surface area contributed by atoms with Crippen molar-refractivity contribution in [3.05, 3.63) is 6.33 Å². The van der Waals surface area contributed by atoms with Crippen LogP contribution in [0.25, 0.3) is 0 Å². The van der Waals surface area contributed by atoms with Gasteiger partial charge in [0.15, 0.2) is 0 Å². The van der Waals surface area contributed by atoms with E-state index < -0.39 is 0 Å². The van der Waals surface area contributed by atoms with Crippen molar-refractivity contribution in [2.24, 2.45) is 5.92 Å². The van der Waals surface area contributed by atoms with Crippen molar-refractivity contribution in [1.29, 1.82) is 0 Å². The van der Waals surface area contributed by atoms with Gasteiger partial charge in [0.2, 0.25) is 11.9 Å². The van der Waals surface area contributed by atoms with Crippen LogP contribution in [0.1, 0.15) is 38.5 Å². The topological polar surface area (TPSA) is 77.0 Å². The van der Waals surface area contributed by atoms with E-state index in [-0.39, 0.29) is 18.4 Å². The summed E-state index contributed by atoms with van der Waals surface area (Å²) >= 11 is 0. The first kappa shape index (κ1) is 12.4. The second-order valence-corrected chi connectivity index (χ2v) is 5.64. The molecule has 2 N–H and O–H groups in total. The molecule has 2 atom stereocenters. The molecule has 1 saturated carbocycles. The molecule has 6 nitrogen and oxygen atoms in total. The largest absolute Gasteiger partial charge is 0.367 e. The van der Waals surface area contributed by atoms with E-state index >= 15 is 0 Å². The normalized spacial score (nSPS) is 27.1. The maximum atomic E-state index is 12.4. The monoisotopic (exact) mass is 263 g/mol. The summed E-state index contributed by atoms with van der Waals surface area (Å²) in [6.45, 7) is 1.15. The SMILES string of the molecule is Nc1ncn(CC(=O)N2CCC[C@H]3CCCC[C@H]32)n1. The number of piperidine rings is 1. The maximum Gasteiger partial charge on any atom is 0.244 e. The van der Waals surface area contributed by atoms with Crippen LogP contribution in [0.3, 0.4) is 0 Å². The second kappa shape index (κ2) is 5.19. The van der Waals surface area contributed by atoms with Gasteiger partial charge in [0.05, 0.1) is 0 Å². The van der Waals surface area contributed by atoms with E-state index in [1.54, 1.807) is 0 Å². The molecule has 2 heterocycles. The third-order valence-corrected chi connectivity index (χ3v) is 4.42. The van der Waals surface area contributed by atoms with Gasteiger partial charge in [-0.3, -0.25) is 4.79 Å². The van der Waals surface area contributed by atoms with Gasteiger partial charge in [0.1, 0.15) is 12.9 Å². The predicted molar refractivity (Wildman–Crippen MR) is 71.1 cm³/mol. The summed E-state index contributed by atoms with van der Waals surface area (Å²) in [6.07, 6.45) is 8.96. The highest BCUT2D eigenvalue weighted by Crippen LogP contribution is 2.35. The minimum absolute atomic E-state index is 0.154. The van der Waals surface area contributed by atoms with Gasteiger partial charge < -0.3 is 10.6 Å². The Kier molecular flexibility index (Phi) is 3.40. The number of rotatable bonds is 2. The Bertz CT molecular complexity index is 456. The molecular formula is C13H21N5O. The van der Waals surface area contributed by atoms with E-state index in [0.29, 0.717) is 12.0 Å². The zero-order valence-electron chi connectivity index (χ0n) is 11.2.